The Morgan fingerprint density at radius 3 is 2.52 bits per heavy atom. The van der Waals surface area contributed by atoms with E-state index in [1.54, 1.807) is 11.8 Å². The van der Waals surface area contributed by atoms with Gasteiger partial charge in [-0.25, -0.2) is 4.68 Å². The Morgan fingerprint density at radius 2 is 1.86 bits per heavy atom. The SMILES string of the molecule is COc1ccc(-c2nn(CN3CCC(CC(=O)N4CCCC4)CC3)c(=S)o2)cc1. The summed E-state index contributed by atoms with van der Waals surface area (Å²) in [6.45, 7) is 4.40. The van der Waals surface area contributed by atoms with Crippen molar-refractivity contribution >= 4 is 18.1 Å². The second-order valence-electron chi connectivity index (χ2n) is 7.90. The van der Waals surface area contributed by atoms with E-state index in [2.05, 4.69) is 10.00 Å². The molecule has 0 bridgehead atoms. The molecule has 0 saturated carbocycles. The number of ether oxygens (including phenoxy) is 1. The fourth-order valence-corrected chi connectivity index (χ4v) is 4.29. The van der Waals surface area contributed by atoms with Gasteiger partial charge in [0.1, 0.15) is 5.75 Å². The van der Waals surface area contributed by atoms with Crippen LogP contribution in [0.25, 0.3) is 11.5 Å². The van der Waals surface area contributed by atoms with Crippen LogP contribution in [0.4, 0.5) is 0 Å². The van der Waals surface area contributed by atoms with E-state index in [1.807, 2.05) is 29.2 Å². The van der Waals surface area contributed by atoms with Crippen LogP contribution >= 0.6 is 12.2 Å². The number of hydrogen-bond acceptors (Lipinski definition) is 6. The first kappa shape index (κ1) is 20.1. The van der Waals surface area contributed by atoms with Gasteiger partial charge in [-0.1, -0.05) is 0 Å². The van der Waals surface area contributed by atoms with E-state index in [0.29, 0.717) is 35.6 Å². The van der Waals surface area contributed by atoms with Gasteiger partial charge in [-0.3, -0.25) is 9.69 Å². The van der Waals surface area contributed by atoms with Gasteiger partial charge in [-0.15, -0.1) is 5.10 Å². The second kappa shape index (κ2) is 9.09. The molecule has 2 aliphatic rings. The summed E-state index contributed by atoms with van der Waals surface area (Å²) in [5.74, 6) is 2.13. The first-order valence-electron chi connectivity index (χ1n) is 10.3. The van der Waals surface area contributed by atoms with Gasteiger partial charge in [-0.05, 0) is 68.1 Å². The molecule has 2 aliphatic heterocycles. The lowest BCUT2D eigenvalue weighted by Gasteiger charge is -2.31. The number of carbonyl (C=O) groups excluding carboxylic acids is 1. The molecule has 4 rings (SSSR count). The van der Waals surface area contributed by atoms with Gasteiger partial charge < -0.3 is 14.1 Å². The molecule has 2 saturated heterocycles. The predicted octanol–water partition coefficient (Wildman–Crippen LogP) is 3.56. The molecule has 1 amide bonds. The van der Waals surface area contributed by atoms with Crippen LogP contribution in [0.5, 0.6) is 5.75 Å². The summed E-state index contributed by atoms with van der Waals surface area (Å²) in [7, 11) is 1.64. The Bertz CT molecular complexity index is 878. The smallest absolute Gasteiger partial charge is 0.288 e. The predicted molar refractivity (Wildman–Crippen MR) is 112 cm³/mol. The van der Waals surface area contributed by atoms with E-state index in [-0.39, 0.29) is 0 Å². The molecule has 1 aromatic heterocycles. The summed E-state index contributed by atoms with van der Waals surface area (Å²) >= 11 is 5.36. The highest BCUT2D eigenvalue weighted by Crippen LogP contribution is 2.24. The van der Waals surface area contributed by atoms with Crippen LogP contribution < -0.4 is 4.74 Å². The van der Waals surface area contributed by atoms with Crippen molar-refractivity contribution in [1.82, 2.24) is 19.6 Å². The zero-order valence-electron chi connectivity index (χ0n) is 16.9. The van der Waals surface area contributed by atoms with Crippen LogP contribution in [0.3, 0.4) is 0 Å². The van der Waals surface area contributed by atoms with Crippen molar-refractivity contribution in [3.05, 3.63) is 29.1 Å². The summed E-state index contributed by atoms with van der Waals surface area (Å²) in [6, 6.07) is 7.57. The molecule has 0 radical (unpaired) electrons. The van der Waals surface area contributed by atoms with Crippen LogP contribution in [0, 0.1) is 10.8 Å². The lowest BCUT2D eigenvalue weighted by molar-refractivity contribution is -0.131. The van der Waals surface area contributed by atoms with Crippen molar-refractivity contribution in [2.24, 2.45) is 5.92 Å². The third-order valence-electron chi connectivity index (χ3n) is 5.91. The van der Waals surface area contributed by atoms with Gasteiger partial charge in [0.15, 0.2) is 0 Å². The molecule has 3 heterocycles. The third-order valence-corrected chi connectivity index (χ3v) is 6.20. The van der Waals surface area contributed by atoms with Crippen molar-refractivity contribution in [2.45, 2.75) is 38.8 Å². The van der Waals surface area contributed by atoms with Crippen molar-refractivity contribution in [3.63, 3.8) is 0 Å². The number of aromatic nitrogens is 2. The summed E-state index contributed by atoms with van der Waals surface area (Å²) < 4.78 is 12.6. The molecule has 29 heavy (non-hydrogen) atoms. The van der Waals surface area contributed by atoms with Crippen molar-refractivity contribution in [3.8, 4) is 17.2 Å². The first-order valence-corrected chi connectivity index (χ1v) is 10.8. The van der Waals surface area contributed by atoms with Crippen LogP contribution in [0.15, 0.2) is 28.7 Å². The van der Waals surface area contributed by atoms with Gasteiger partial charge in [0.25, 0.3) is 4.84 Å². The first-order chi connectivity index (χ1) is 14.1. The van der Waals surface area contributed by atoms with E-state index >= 15 is 0 Å². The standard InChI is InChI=1S/C21H28N4O3S/c1-27-18-6-4-17(5-7-18)20-22-25(21(29)28-20)15-23-12-8-16(9-13-23)14-19(26)24-10-2-3-11-24/h4-7,16H,2-3,8-15H2,1H3. The van der Waals surface area contributed by atoms with E-state index in [9.17, 15) is 4.79 Å². The zero-order chi connectivity index (χ0) is 20.2. The van der Waals surface area contributed by atoms with Crippen LogP contribution in [0.1, 0.15) is 32.1 Å². The minimum Gasteiger partial charge on any atom is -0.497 e. The average Bonchev–Trinajstić information content (AvgIpc) is 3.40. The average molecular weight is 417 g/mol. The van der Waals surface area contributed by atoms with Crippen LogP contribution in [-0.4, -0.2) is 58.8 Å². The van der Waals surface area contributed by atoms with E-state index < -0.39 is 0 Å². The monoisotopic (exact) mass is 416 g/mol. The molecule has 0 atom stereocenters. The zero-order valence-corrected chi connectivity index (χ0v) is 17.7. The molecular formula is C21H28N4O3S. The number of carbonyl (C=O) groups is 1. The molecule has 0 unspecified atom stereocenters. The number of amides is 1. The fraction of sp³-hybridized carbons (Fsp3) is 0.571. The number of benzene rings is 1. The number of likely N-dealkylation sites (tertiary alicyclic amines) is 2. The highest BCUT2D eigenvalue weighted by molar-refractivity contribution is 7.71. The van der Waals surface area contributed by atoms with Gasteiger partial charge in [0, 0.05) is 38.2 Å². The van der Waals surface area contributed by atoms with E-state index in [1.165, 1.54) is 0 Å². The summed E-state index contributed by atoms with van der Waals surface area (Å²) in [5, 5.41) is 4.55. The number of methoxy groups -OCH3 is 1. The van der Waals surface area contributed by atoms with Crippen molar-refractivity contribution in [1.29, 1.82) is 0 Å². The normalized spacial score (nSPS) is 18.3. The summed E-state index contributed by atoms with van der Waals surface area (Å²) in [6.07, 6.45) is 5.08. The highest BCUT2D eigenvalue weighted by atomic mass is 32.1. The van der Waals surface area contributed by atoms with Gasteiger partial charge >= 0.3 is 0 Å². The molecule has 0 spiro atoms. The number of rotatable bonds is 6. The van der Waals surface area contributed by atoms with Gasteiger partial charge in [0.2, 0.25) is 11.8 Å². The quantitative estimate of drug-likeness (QED) is 0.671. The third kappa shape index (κ3) is 4.87. The Hall–Kier alpha value is -2.19. The molecule has 2 fully saturated rings. The molecule has 0 aliphatic carbocycles. The molecule has 7 nitrogen and oxygen atoms in total. The molecule has 0 N–H and O–H groups in total. The van der Waals surface area contributed by atoms with Crippen LogP contribution in [-0.2, 0) is 11.5 Å². The molecule has 156 valence electrons. The molecular weight excluding hydrogens is 388 g/mol. The topological polar surface area (TPSA) is 63.7 Å². The van der Waals surface area contributed by atoms with Crippen molar-refractivity contribution in [2.75, 3.05) is 33.3 Å². The lowest BCUT2D eigenvalue weighted by Crippen LogP contribution is -2.37. The minimum absolute atomic E-state index is 0.337. The van der Waals surface area contributed by atoms with E-state index in [0.717, 1.165) is 63.2 Å². The number of hydrogen-bond donors (Lipinski definition) is 0. The highest BCUT2D eigenvalue weighted by Gasteiger charge is 2.25. The summed E-state index contributed by atoms with van der Waals surface area (Å²) in [4.78, 5) is 17.1. The molecule has 2 aromatic rings. The number of piperidine rings is 1. The van der Waals surface area contributed by atoms with Gasteiger partial charge in [-0.2, -0.15) is 0 Å². The fourth-order valence-electron chi connectivity index (χ4n) is 4.11. The summed E-state index contributed by atoms with van der Waals surface area (Å²) in [5.41, 5.74) is 0.870. The van der Waals surface area contributed by atoms with Gasteiger partial charge in [0.05, 0.1) is 13.8 Å². The second-order valence-corrected chi connectivity index (χ2v) is 8.25. The lowest BCUT2D eigenvalue weighted by atomic mass is 9.93. The Kier molecular flexibility index (Phi) is 6.30. The Morgan fingerprint density at radius 1 is 1.17 bits per heavy atom. The minimum atomic E-state index is 0.337. The maximum Gasteiger partial charge on any atom is 0.288 e. The van der Waals surface area contributed by atoms with Crippen molar-refractivity contribution < 1.29 is 13.9 Å². The molecule has 1 aromatic carbocycles. The van der Waals surface area contributed by atoms with E-state index in [4.69, 9.17) is 21.4 Å². The maximum atomic E-state index is 12.4. The Balaban J connectivity index is 1.30. The molecule has 8 heteroatoms. The Labute approximate surface area is 176 Å². The van der Waals surface area contributed by atoms with Crippen LogP contribution in [0.2, 0.25) is 0 Å². The maximum absolute atomic E-state index is 12.4. The largest absolute Gasteiger partial charge is 0.497 e. The number of nitrogens with zero attached hydrogens (tertiary/aromatic N) is 4.